The van der Waals surface area contributed by atoms with Crippen molar-refractivity contribution in [1.29, 1.82) is 0 Å². The molecule has 0 aliphatic carbocycles. The topological polar surface area (TPSA) is 32.3 Å². The number of halogens is 1. The highest BCUT2D eigenvalue weighted by molar-refractivity contribution is 6.31. The van der Waals surface area contributed by atoms with Crippen molar-refractivity contribution in [2.45, 2.75) is 12.8 Å². The van der Waals surface area contributed by atoms with E-state index in [0.29, 0.717) is 5.15 Å². The van der Waals surface area contributed by atoms with Crippen molar-refractivity contribution in [3.8, 4) is 0 Å². The molecular formula is C12H19ClN4. The molecule has 1 aromatic heterocycles. The quantitative estimate of drug-likeness (QED) is 0.825. The van der Waals surface area contributed by atoms with Gasteiger partial charge in [-0.25, -0.2) is 9.97 Å². The van der Waals surface area contributed by atoms with E-state index < -0.39 is 0 Å². The summed E-state index contributed by atoms with van der Waals surface area (Å²) in [6, 6.07) is 0. The number of aromatic nitrogens is 2. The number of rotatable bonds is 3. The summed E-state index contributed by atoms with van der Waals surface area (Å²) in [4.78, 5) is 12.8. The maximum atomic E-state index is 6.04. The molecule has 0 radical (unpaired) electrons. The maximum Gasteiger partial charge on any atom is 0.171 e. The van der Waals surface area contributed by atoms with E-state index >= 15 is 0 Å². The number of anilines is 1. The first-order valence-corrected chi connectivity index (χ1v) is 6.41. The predicted octanol–water partition coefficient (Wildman–Crippen LogP) is 1.91. The van der Waals surface area contributed by atoms with E-state index in [1.54, 1.807) is 12.4 Å². The SMILES string of the molecule is CN1CCC(CN(C)c2nccnc2Cl)CC1. The van der Waals surface area contributed by atoms with Crippen molar-refractivity contribution < 1.29 is 0 Å². The van der Waals surface area contributed by atoms with Crippen LogP contribution in [0.3, 0.4) is 0 Å². The highest BCUT2D eigenvalue weighted by atomic mass is 35.5. The van der Waals surface area contributed by atoms with Crippen LogP contribution in [0, 0.1) is 5.92 Å². The van der Waals surface area contributed by atoms with Gasteiger partial charge in [0.2, 0.25) is 0 Å². The Balaban J connectivity index is 1.93. The molecule has 1 saturated heterocycles. The fourth-order valence-corrected chi connectivity index (χ4v) is 2.54. The second-order valence-electron chi connectivity index (χ2n) is 4.80. The molecule has 0 unspecified atom stereocenters. The van der Waals surface area contributed by atoms with Crippen LogP contribution in [0.4, 0.5) is 5.82 Å². The molecule has 1 aromatic rings. The molecule has 0 atom stereocenters. The molecule has 0 bridgehead atoms. The van der Waals surface area contributed by atoms with Gasteiger partial charge in [-0.05, 0) is 38.9 Å². The van der Waals surface area contributed by atoms with Crippen LogP contribution in [0.1, 0.15) is 12.8 Å². The van der Waals surface area contributed by atoms with Gasteiger partial charge in [0.05, 0.1) is 0 Å². The van der Waals surface area contributed by atoms with Crippen LogP contribution in [0.2, 0.25) is 5.15 Å². The summed E-state index contributed by atoms with van der Waals surface area (Å²) in [5.41, 5.74) is 0. The van der Waals surface area contributed by atoms with Gasteiger partial charge in [-0.3, -0.25) is 0 Å². The van der Waals surface area contributed by atoms with E-state index in [1.807, 2.05) is 7.05 Å². The molecule has 2 rings (SSSR count). The van der Waals surface area contributed by atoms with Gasteiger partial charge in [-0.1, -0.05) is 11.6 Å². The van der Waals surface area contributed by atoms with Gasteiger partial charge in [-0.2, -0.15) is 0 Å². The fraction of sp³-hybridized carbons (Fsp3) is 0.667. The number of piperidine rings is 1. The predicted molar refractivity (Wildman–Crippen MR) is 70.5 cm³/mol. The van der Waals surface area contributed by atoms with Crippen LogP contribution in [0.25, 0.3) is 0 Å². The molecule has 1 fully saturated rings. The second kappa shape index (κ2) is 5.65. The van der Waals surface area contributed by atoms with Crippen LogP contribution < -0.4 is 4.90 Å². The highest BCUT2D eigenvalue weighted by Gasteiger charge is 2.19. The Kier molecular flexibility index (Phi) is 4.18. The summed E-state index contributed by atoms with van der Waals surface area (Å²) >= 11 is 6.04. The van der Waals surface area contributed by atoms with E-state index in [2.05, 4.69) is 26.8 Å². The van der Waals surface area contributed by atoms with Crippen molar-refractivity contribution in [1.82, 2.24) is 14.9 Å². The number of hydrogen-bond acceptors (Lipinski definition) is 4. The van der Waals surface area contributed by atoms with Crippen LogP contribution in [0.15, 0.2) is 12.4 Å². The van der Waals surface area contributed by atoms with E-state index in [1.165, 1.54) is 25.9 Å². The normalized spacial score (nSPS) is 18.3. The zero-order valence-corrected chi connectivity index (χ0v) is 11.2. The maximum absolute atomic E-state index is 6.04. The van der Waals surface area contributed by atoms with Gasteiger partial charge in [0.15, 0.2) is 11.0 Å². The van der Waals surface area contributed by atoms with Crippen molar-refractivity contribution in [3.63, 3.8) is 0 Å². The third-order valence-electron chi connectivity index (χ3n) is 3.37. The largest absolute Gasteiger partial charge is 0.357 e. The first kappa shape index (κ1) is 12.6. The van der Waals surface area contributed by atoms with Gasteiger partial charge in [0.1, 0.15) is 0 Å². The molecule has 0 saturated carbocycles. The van der Waals surface area contributed by atoms with Gasteiger partial charge in [0, 0.05) is 26.0 Å². The molecule has 4 nitrogen and oxygen atoms in total. The molecular weight excluding hydrogens is 236 g/mol. The summed E-state index contributed by atoms with van der Waals surface area (Å²) < 4.78 is 0. The lowest BCUT2D eigenvalue weighted by atomic mass is 9.97. The zero-order valence-electron chi connectivity index (χ0n) is 10.4. The third-order valence-corrected chi connectivity index (χ3v) is 3.63. The van der Waals surface area contributed by atoms with Crippen molar-refractivity contribution in [3.05, 3.63) is 17.5 Å². The highest BCUT2D eigenvalue weighted by Crippen LogP contribution is 2.22. The van der Waals surface area contributed by atoms with E-state index in [9.17, 15) is 0 Å². The van der Waals surface area contributed by atoms with Crippen molar-refractivity contribution >= 4 is 17.4 Å². The smallest absolute Gasteiger partial charge is 0.171 e. The van der Waals surface area contributed by atoms with Crippen LogP contribution in [-0.4, -0.2) is 48.6 Å². The molecule has 0 N–H and O–H groups in total. The summed E-state index contributed by atoms with van der Waals surface area (Å²) in [6.07, 6.45) is 5.80. The van der Waals surface area contributed by atoms with Crippen LogP contribution in [0.5, 0.6) is 0 Å². The Hall–Kier alpha value is -0.870. The van der Waals surface area contributed by atoms with E-state index in [4.69, 9.17) is 11.6 Å². The van der Waals surface area contributed by atoms with E-state index in [-0.39, 0.29) is 0 Å². The zero-order chi connectivity index (χ0) is 12.3. The summed E-state index contributed by atoms with van der Waals surface area (Å²) in [5.74, 6) is 1.52. The lowest BCUT2D eigenvalue weighted by molar-refractivity contribution is 0.222. The molecule has 5 heteroatoms. The number of nitrogens with zero attached hydrogens (tertiary/aromatic N) is 4. The average Bonchev–Trinajstić information content (AvgIpc) is 2.32. The standard InChI is InChI=1S/C12H19ClN4/c1-16-7-3-10(4-8-16)9-17(2)12-11(13)14-5-6-15-12/h5-6,10H,3-4,7-9H2,1-2H3. The molecule has 0 amide bonds. The van der Waals surface area contributed by atoms with E-state index in [0.717, 1.165) is 18.3 Å². The van der Waals surface area contributed by atoms with Gasteiger partial charge >= 0.3 is 0 Å². The lowest BCUT2D eigenvalue weighted by Gasteiger charge is -2.32. The lowest BCUT2D eigenvalue weighted by Crippen LogP contribution is -2.36. The molecule has 0 aromatic carbocycles. The Labute approximate surface area is 108 Å². The van der Waals surface area contributed by atoms with Crippen molar-refractivity contribution in [2.75, 3.05) is 38.6 Å². The molecule has 94 valence electrons. The Morgan fingerprint density at radius 3 is 2.65 bits per heavy atom. The minimum Gasteiger partial charge on any atom is -0.357 e. The summed E-state index contributed by atoms with van der Waals surface area (Å²) in [6.45, 7) is 3.38. The number of likely N-dealkylation sites (tertiary alicyclic amines) is 1. The van der Waals surface area contributed by atoms with Gasteiger partial charge in [-0.15, -0.1) is 0 Å². The van der Waals surface area contributed by atoms with Crippen LogP contribution >= 0.6 is 11.6 Å². The Bertz CT molecular complexity index is 363. The summed E-state index contributed by atoms with van der Waals surface area (Å²) in [5, 5.41) is 0.489. The molecule has 1 aliphatic heterocycles. The monoisotopic (exact) mass is 254 g/mol. The first-order valence-electron chi connectivity index (χ1n) is 6.03. The molecule has 1 aliphatic rings. The minimum atomic E-state index is 0.489. The second-order valence-corrected chi connectivity index (χ2v) is 5.16. The minimum absolute atomic E-state index is 0.489. The molecule has 2 heterocycles. The first-order chi connectivity index (χ1) is 8.16. The van der Waals surface area contributed by atoms with Crippen LogP contribution in [-0.2, 0) is 0 Å². The van der Waals surface area contributed by atoms with Crippen molar-refractivity contribution in [2.24, 2.45) is 5.92 Å². The molecule has 0 spiro atoms. The van der Waals surface area contributed by atoms with Gasteiger partial charge in [0.25, 0.3) is 0 Å². The summed E-state index contributed by atoms with van der Waals surface area (Å²) in [7, 11) is 4.22. The average molecular weight is 255 g/mol. The fourth-order valence-electron chi connectivity index (χ4n) is 2.29. The van der Waals surface area contributed by atoms with Gasteiger partial charge < -0.3 is 9.80 Å². The molecule has 17 heavy (non-hydrogen) atoms. The third kappa shape index (κ3) is 3.30. The number of hydrogen-bond donors (Lipinski definition) is 0. The Morgan fingerprint density at radius 2 is 2.00 bits per heavy atom. The Morgan fingerprint density at radius 1 is 1.35 bits per heavy atom.